The molecule has 3 heteroatoms. The maximum atomic E-state index is 6.11. The van der Waals surface area contributed by atoms with Crippen molar-refractivity contribution in [2.24, 2.45) is 0 Å². The van der Waals surface area contributed by atoms with Gasteiger partial charge in [0.15, 0.2) is 0 Å². The summed E-state index contributed by atoms with van der Waals surface area (Å²) in [5.41, 5.74) is 1.91. The maximum absolute atomic E-state index is 6.11. The van der Waals surface area contributed by atoms with Crippen molar-refractivity contribution < 1.29 is 0 Å². The zero-order valence-corrected chi connectivity index (χ0v) is 9.23. The molecule has 0 bridgehead atoms. The summed E-state index contributed by atoms with van der Waals surface area (Å²) in [5.74, 6) is 0. The second kappa shape index (κ2) is 3.76. The first-order valence-electron chi connectivity index (χ1n) is 4.45. The number of halogens is 2. The van der Waals surface area contributed by atoms with Crippen LogP contribution in [0.15, 0.2) is 24.3 Å². The third-order valence-corrected chi connectivity index (χ3v) is 2.68. The summed E-state index contributed by atoms with van der Waals surface area (Å²) >= 11 is 12.0. The molecule has 72 valence electrons. The van der Waals surface area contributed by atoms with Gasteiger partial charge < -0.3 is 0 Å². The van der Waals surface area contributed by atoms with Crippen LogP contribution in [-0.4, -0.2) is 4.98 Å². The van der Waals surface area contributed by atoms with E-state index >= 15 is 0 Å². The molecule has 0 spiro atoms. The molecule has 0 saturated carbocycles. The van der Waals surface area contributed by atoms with Crippen molar-refractivity contribution in [2.75, 3.05) is 0 Å². The van der Waals surface area contributed by atoms with E-state index in [1.165, 1.54) is 0 Å². The van der Waals surface area contributed by atoms with Crippen LogP contribution in [0.3, 0.4) is 0 Å². The number of nitrogens with zero attached hydrogens (tertiary/aromatic N) is 1. The number of benzene rings is 1. The van der Waals surface area contributed by atoms with E-state index < -0.39 is 0 Å². The van der Waals surface area contributed by atoms with Crippen LogP contribution in [0.25, 0.3) is 10.9 Å². The molecule has 0 amide bonds. The molecular formula is C11H9Cl2N. The van der Waals surface area contributed by atoms with Gasteiger partial charge in [-0.1, -0.05) is 30.1 Å². The van der Waals surface area contributed by atoms with Crippen molar-refractivity contribution in [3.63, 3.8) is 0 Å². The summed E-state index contributed by atoms with van der Waals surface area (Å²) in [7, 11) is 0. The molecule has 14 heavy (non-hydrogen) atoms. The van der Waals surface area contributed by atoms with Crippen molar-refractivity contribution in [3.8, 4) is 0 Å². The summed E-state index contributed by atoms with van der Waals surface area (Å²) < 4.78 is 0. The zero-order chi connectivity index (χ0) is 10.1. The third kappa shape index (κ3) is 1.70. The Kier molecular flexibility index (Phi) is 2.62. The van der Waals surface area contributed by atoms with Gasteiger partial charge in [-0.2, -0.15) is 0 Å². The highest BCUT2D eigenvalue weighted by atomic mass is 35.5. The van der Waals surface area contributed by atoms with Gasteiger partial charge in [-0.25, -0.2) is 0 Å². The van der Waals surface area contributed by atoms with E-state index in [0.29, 0.717) is 10.0 Å². The molecular weight excluding hydrogens is 217 g/mol. The van der Waals surface area contributed by atoms with Gasteiger partial charge in [-0.3, -0.25) is 4.98 Å². The summed E-state index contributed by atoms with van der Waals surface area (Å²) in [6, 6.07) is 7.45. The van der Waals surface area contributed by atoms with Gasteiger partial charge in [-0.05, 0) is 30.7 Å². The van der Waals surface area contributed by atoms with Gasteiger partial charge in [0.05, 0.1) is 10.5 Å². The lowest BCUT2D eigenvalue weighted by Gasteiger charge is -2.03. The number of hydrogen-bond donors (Lipinski definition) is 0. The van der Waals surface area contributed by atoms with Crippen molar-refractivity contribution >= 4 is 34.1 Å². The van der Waals surface area contributed by atoms with E-state index in [-0.39, 0.29) is 0 Å². The van der Waals surface area contributed by atoms with Gasteiger partial charge in [0, 0.05) is 16.1 Å². The normalized spacial score (nSPS) is 10.8. The minimum atomic E-state index is 0.686. The van der Waals surface area contributed by atoms with Crippen LogP contribution in [0.4, 0.5) is 0 Å². The summed E-state index contributed by atoms with van der Waals surface area (Å²) in [5, 5.41) is 2.32. The Morgan fingerprint density at radius 2 is 2.00 bits per heavy atom. The van der Waals surface area contributed by atoms with E-state index in [0.717, 1.165) is 23.0 Å². The van der Waals surface area contributed by atoms with E-state index in [9.17, 15) is 0 Å². The number of aromatic nitrogens is 1. The maximum Gasteiger partial charge on any atom is 0.0721 e. The average Bonchev–Trinajstić information content (AvgIpc) is 2.19. The second-order valence-electron chi connectivity index (χ2n) is 3.11. The summed E-state index contributed by atoms with van der Waals surface area (Å²) in [6.07, 6.45) is 0.887. The first kappa shape index (κ1) is 9.75. The molecule has 2 aromatic rings. The quantitative estimate of drug-likeness (QED) is 0.713. The van der Waals surface area contributed by atoms with Crippen LogP contribution in [0, 0.1) is 0 Å². The standard InChI is InChI=1S/C11H9Cl2N/c1-2-8-6-10(13)9-5-7(12)3-4-11(9)14-8/h3-6H,2H2,1H3. The molecule has 1 aromatic heterocycles. The van der Waals surface area contributed by atoms with Crippen LogP contribution in [0.1, 0.15) is 12.6 Å². The smallest absolute Gasteiger partial charge is 0.0721 e. The molecule has 0 atom stereocenters. The Morgan fingerprint density at radius 1 is 1.21 bits per heavy atom. The van der Waals surface area contributed by atoms with Gasteiger partial charge in [-0.15, -0.1) is 0 Å². The van der Waals surface area contributed by atoms with Crippen LogP contribution in [0.5, 0.6) is 0 Å². The first-order valence-corrected chi connectivity index (χ1v) is 5.21. The second-order valence-corrected chi connectivity index (χ2v) is 3.95. The number of pyridine rings is 1. The highest BCUT2D eigenvalue weighted by molar-refractivity contribution is 6.36. The molecule has 0 fully saturated rings. The van der Waals surface area contributed by atoms with Crippen LogP contribution in [-0.2, 0) is 6.42 Å². The number of rotatable bonds is 1. The lowest BCUT2D eigenvalue weighted by Crippen LogP contribution is -1.88. The van der Waals surface area contributed by atoms with Crippen molar-refractivity contribution in [1.29, 1.82) is 0 Å². The molecule has 0 saturated heterocycles. The van der Waals surface area contributed by atoms with Crippen molar-refractivity contribution in [1.82, 2.24) is 4.98 Å². The fourth-order valence-corrected chi connectivity index (χ4v) is 1.84. The van der Waals surface area contributed by atoms with E-state index in [1.807, 2.05) is 24.3 Å². The van der Waals surface area contributed by atoms with Crippen LogP contribution >= 0.6 is 23.2 Å². The van der Waals surface area contributed by atoms with Crippen LogP contribution in [0.2, 0.25) is 10.0 Å². The average molecular weight is 226 g/mol. The fraction of sp³-hybridized carbons (Fsp3) is 0.182. The largest absolute Gasteiger partial charge is 0.253 e. The predicted molar refractivity (Wildman–Crippen MR) is 61.1 cm³/mol. The van der Waals surface area contributed by atoms with Gasteiger partial charge in [0.25, 0.3) is 0 Å². The topological polar surface area (TPSA) is 12.9 Å². The molecule has 1 nitrogen and oxygen atoms in total. The molecule has 0 N–H and O–H groups in total. The molecule has 0 aliphatic carbocycles. The molecule has 0 aliphatic rings. The minimum Gasteiger partial charge on any atom is -0.253 e. The highest BCUT2D eigenvalue weighted by Gasteiger charge is 2.03. The lowest BCUT2D eigenvalue weighted by atomic mass is 10.2. The lowest BCUT2D eigenvalue weighted by molar-refractivity contribution is 1.06. The van der Waals surface area contributed by atoms with Gasteiger partial charge in [0.2, 0.25) is 0 Å². The molecule has 0 aliphatic heterocycles. The Bertz CT molecular complexity index is 480. The Hall–Kier alpha value is -0.790. The number of aryl methyl sites for hydroxylation is 1. The molecule has 1 aromatic carbocycles. The summed E-state index contributed by atoms with van der Waals surface area (Å²) in [4.78, 5) is 4.45. The van der Waals surface area contributed by atoms with E-state index in [4.69, 9.17) is 23.2 Å². The van der Waals surface area contributed by atoms with E-state index in [2.05, 4.69) is 11.9 Å². The zero-order valence-electron chi connectivity index (χ0n) is 7.72. The molecule has 2 rings (SSSR count). The minimum absolute atomic E-state index is 0.686. The summed E-state index contributed by atoms with van der Waals surface area (Å²) in [6.45, 7) is 2.06. The van der Waals surface area contributed by atoms with Gasteiger partial charge in [0.1, 0.15) is 0 Å². The first-order chi connectivity index (χ1) is 6.70. The van der Waals surface area contributed by atoms with Gasteiger partial charge >= 0.3 is 0 Å². The SMILES string of the molecule is CCc1cc(Cl)c2cc(Cl)ccc2n1. The van der Waals surface area contributed by atoms with Crippen molar-refractivity contribution in [3.05, 3.63) is 40.0 Å². The Labute approximate surface area is 92.7 Å². The predicted octanol–water partition coefficient (Wildman–Crippen LogP) is 4.10. The molecule has 0 unspecified atom stereocenters. The fourth-order valence-electron chi connectivity index (χ4n) is 1.39. The Morgan fingerprint density at radius 3 is 2.71 bits per heavy atom. The van der Waals surface area contributed by atoms with E-state index in [1.54, 1.807) is 0 Å². The van der Waals surface area contributed by atoms with Crippen LogP contribution < -0.4 is 0 Å². The third-order valence-electron chi connectivity index (χ3n) is 2.14. The molecule has 1 heterocycles. The monoisotopic (exact) mass is 225 g/mol. The Balaban J connectivity index is 2.76. The van der Waals surface area contributed by atoms with Crippen molar-refractivity contribution in [2.45, 2.75) is 13.3 Å². The highest BCUT2D eigenvalue weighted by Crippen LogP contribution is 2.26. The molecule has 0 radical (unpaired) electrons. The number of hydrogen-bond acceptors (Lipinski definition) is 1. The number of fused-ring (bicyclic) bond motifs is 1.